The van der Waals surface area contributed by atoms with Gasteiger partial charge in [-0.1, -0.05) is 24.3 Å². The van der Waals surface area contributed by atoms with E-state index in [0.717, 1.165) is 25.2 Å². The third-order valence-electron chi connectivity index (χ3n) is 6.85. The van der Waals surface area contributed by atoms with Crippen molar-refractivity contribution in [2.75, 3.05) is 48.0 Å². The van der Waals surface area contributed by atoms with Crippen molar-refractivity contribution >= 4 is 12.0 Å². The molecule has 2 aliphatic heterocycles. The quantitative estimate of drug-likeness (QED) is 0.608. The number of methoxy groups -OCH3 is 3. The molecule has 2 aromatic carbocycles. The van der Waals surface area contributed by atoms with Crippen LogP contribution in [0.15, 0.2) is 42.1 Å². The SMILES string of the molecule is COc1cc(C(=O)N(CCC2CCCN2C)CC2=Cc3ccccc3CN2)cc(OC)c1OC. The molecule has 0 aromatic heterocycles. The zero-order chi connectivity index (χ0) is 24.1. The average molecular weight is 466 g/mol. The zero-order valence-electron chi connectivity index (χ0n) is 20.6. The molecule has 2 aromatic rings. The van der Waals surface area contributed by atoms with Crippen molar-refractivity contribution in [3.63, 3.8) is 0 Å². The predicted octanol–water partition coefficient (Wildman–Crippen LogP) is 3.78. The number of amides is 1. The molecule has 0 spiro atoms. The highest BCUT2D eigenvalue weighted by molar-refractivity contribution is 5.96. The summed E-state index contributed by atoms with van der Waals surface area (Å²) in [6.07, 6.45) is 5.48. The Morgan fingerprint density at radius 2 is 1.85 bits per heavy atom. The van der Waals surface area contributed by atoms with E-state index in [0.29, 0.717) is 41.9 Å². The van der Waals surface area contributed by atoms with E-state index >= 15 is 0 Å². The highest BCUT2D eigenvalue weighted by Crippen LogP contribution is 2.38. The number of hydrogen-bond acceptors (Lipinski definition) is 6. The number of rotatable bonds is 9. The van der Waals surface area contributed by atoms with E-state index in [1.807, 2.05) is 11.0 Å². The normalized spacial score (nSPS) is 17.4. The second-order valence-corrected chi connectivity index (χ2v) is 8.93. The first-order valence-electron chi connectivity index (χ1n) is 11.9. The van der Waals surface area contributed by atoms with Crippen LogP contribution in [0.2, 0.25) is 0 Å². The number of likely N-dealkylation sites (tertiary alicyclic amines) is 1. The summed E-state index contributed by atoms with van der Waals surface area (Å²) >= 11 is 0. The van der Waals surface area contributed by atoms with Gasteiger partial charge in [-0.2, -0.15) is 0 Å². The lowest BCUT2D eigenvalue weighted by Crippen LogP contribution is -2.39. The molecule has 1 N–H and O–H groups in total. The number of carbonyl (C=O) groups excluding carboxylic acids is 1. The molecule has 2 heterocycles. The Bertz CT molecular complexity index is 1030. The highest BCUT2D eigenvalue weighted by Gasteiger charge is 2.26. The van der Waals surface area contributed by atoms with Gasteiger partial charge in [0.1, 0.15) is 0 Å². The molecule has 1 amide bonds. The van der Waals surface area contributed by atoms with Gasteiger partial charge in [-0.3, -0.25) is 4.79 Å². The monoisotopic (exact) mass is 465 g/mol. The minimum atomic E-state index is -0.0542. The lowest BCUT2D eigenvalue weighted by Gasteiger charge is -2.29. The lowest BCUT2D eigenvalue weighted by molar-refractivity contribution is 0.0754. The van der Waals surface area contributed by atoms with Crippen molar-refractivity contribution in [2.24, 2.45) is 0 Å². The first-order valence-corrected chi connectivity index (χ1v) is 11.9. The summed E-state index contributed by atoms with van der Waals surface area (Å²) in [7, 11) is 6.86. The average Bonchev–Trinajstić information content (AvgIpc) is 3.29. The summed E-state index contributed by atoms with van der Waals surface area (Å²) in [5.41, 5.74) is 4.03. The fourth-order valence-corrected chi connectivity index (χ4v) is 4.88. The molecular formula is C27H35N3O4. The van der Waals surface area contributed by atoms with E-state index in [1.54, 1.807) is 33.5 Å². The number of hydrogen-bond donors (Lipinski definition) is 1. The van der Waals surface area contributed by atoms with Gasteiger partial charge < -0.3 is 29.3 Å². The maximum absolute atomic E-state index is 13.8. The molecule has 0 aliphatic carbocycles. The molecule has 34 heavy (non-hydrogen) atoms. The molecule has 0 bridgehead atoms. The standard InChI is InChI=1S/C27H35N3O4/c1-29-12-7-10-23(29)11-13-30(18-22-14-19-8-5-6-9-20(19)17-28-22)27(31)21-15-24(32-2)26(34-4)25(16-21)33-3/h5-6,8-9,14-16,23,28H,7,10-13,17-18H2,1-4H3. The van der Waals surface area contributed by atoms with Crippen molar-refractivity contribution < 1.29 is 19.0 Å². The van der Waals surface area contributed by atoms with Crippen molar-refractivity contribution in [1.29, 1.82) is 0 Å². The Morgan fingerprint density at radius 1 is 1.12 bits per heavy atom. The molecule has 1 unspecified atom stereocenters. The van der Waals surface area contributed by atoms with Crippen molar-refractivity contribution in [2.45, 2.75) is 31.8 Å². The number of benzene rings is 2. The molecule has 2 aliphatic rings. The van der Waals surface area contributed by atoms with E-state index in [4.69, 9.17) is 14.2 Å². The highest BCUT2D eigenvalue weighted by atomic mass is 16.5. The molecule has 1 atom stereocenters. The number of nitrogens with zero attached hydrogens (tertiary/aromatic N) is 2. The van der Waals surface area contributed by atoms with Crippen LogP contribution in [0.5, 0.6) is 17.2 Å². The van der Waals surface area contributed by atoms with Gasteiger partial charge >= 0.3 is 0 Å². The molecule has 182 valence electrons. The second-order valence-electron chi connectivity index (χ2n) is 8.93. The minimum absolute atomic E-state index is 0.0542. The molecular weight excluding hydrogens is 430 g/mol. The zero-order valence-corrected chi connectivity index (χ0v) is 20.6. The molecule has 7 nitrogen and oxygen atoms in total. The number of carbonyl (C=O) groups is 1. The predicted molar refractivity (Wildman–Crippen MR) is 134 cm³/mol. The van der Waals surface area contributed by atoms with Crippen LogP contribution < -0.4 is 19.5 Å². The molecule has 0 saturated carbocycles. The molecule has 7 heteroatoms. The van der Waals surface area contributed by atoms with Gasteiger partial charge in [0.15, 0.2) is 11.5 Å². The van der Waals surface area contributed by atoms with E-state index in [9.17, 15) is 4.79 Å². The van der Waals surface area contributed by atoms with Crippen LogP contribution in [-0.4, -0.2) is 69.8 Å². The van der Waals surface area contributed by atoms with Crippen molar-refractivity contribution in [1.82, 2.24) is 15.1 Å². The van der Waals surface area contributed by atoms with Crippen LogP contribution >= 0.6 is 0 Å². The topological polar surface area (TPSA) is 63.3 Å². The van der Waals surface area contributed by atoms with Gasteiger partial charge in [0.2, 0.25) is 5.75 Å². The summed E-state index contributed by atoms with van der Waals surface area (Å²) < 4.78 is 16.4. The molecule has 0 radical (unpaired) electrons. The van der Waals surface area contributed by atoms with Crippen molar-refractivity contribution in [3.8, 4) is 17.2 Å². The first kappa shape index (κ1) is 24.0. The smallest absolute Gasteiger partial charge is 0.254 e. The van der Waals surface area contributed by atoms with Gasteiger partial charge in [-0.15, -0.1) is 0 Å². The third kappa shape index (κ3) is 5.14. The van der Waals surface area contributed by atoms with Gasteiger partial charge in [0.05, 0.1) is 27.9 Å². The maximum atomic E-state index is 13.8. The molecule has 1 saturated heterocycles. The second kappa shape index (κ2) is 10.8. The third-order valence-corrected chi connectivity index (χ3v) is 6.85. The van der Waals surface area contributed by atoms with Gasteiger partial charge in [0, 0.05) is 30.4 Å². The van der Waals surface area contributed by atoms with Crippen LogP contribution in [0, 0.1) is 0 Å². The fourth-order valence-electron chi connectivity index (χ4n) is 4.88. The summed E-state index contributed by atoms with van der Waals surface area (Å²) in [6, 6.07) is 12.3. The summed E-state index contributed by atoms with van der Waals surface area (Å²) in [6.45, 7) is 3.07. The Kier molecular flexibility index (Phi) is 7.63. The van der Waals surface area contributed by atoms with Crippen LogP contribution in [0.3, 0.4) is 0 Å². The van der Waals surface area contributed by atoms with Crippen molar-refractivity contribution in [3.05, 3.63) is 58.8 Å². The van der Waals surface area contributed by atoms with Crippen LogP contribution in [0.25, 0.3) is 6.08 Å². The largest absolute Gasteiger partial charge is 0.493 e. The van der Waals surface area contributed by atoms with Crippen LogP contribution in [0.4, 0.5) is 0 Å². The summed E-state index contributed by atoms with van der Waals surface area (Å²) in [4.78, 5) is 18.1. The lowest BCUT2D eigenvalue weighted by atomic mass is 10.0. The summed E-state index contributed by atoms with van der Waals surface area (Å²) in [5, 5.41) is 3.50. The number of fused-ring (bicyclic) bond motifs is 1. The minimum Gasteiger partial charge on any atom is -0.493 e. The molecule has 4 rings (SSSR count). The van der Waals surface area contributed by atoms with Gasteiger partial charge in [-0.25, -0.2) is 0 Å². The Morgan fingerprint density at radius 3 is 2.50 bits per heavy atom. The first-order chi connectivity index (χ1) is 16.5. The van der Waals surface area contributed by atoms with Gasteiger partial charge in [0.25, 0.3) is 5.91 Å². The molecule has 1 fully saturated rings. The van der Waals surface area contributed by atoms with Crippen LogP contribution in [0.1, 0.15) is 40.7 Å². The van der Waals surface area contributed by atoms with Gasteiger partial charge in [-0.05, 0) is 62.2 Å². The maximum Gasteiger partial charge on any atom is 0.254 e. The Labute approximate surface area is 202 Å². The Balaban J connectivity index is 1.61. The Hall–Kier alpha value is -3.19. The van der Waals surface area contributed by atoms with E-state index in [2.05, 4.69) is 41.5 Å². The van der Waals surface area contributed by atoms with E-state index in [-0.39, 0.29) is 5.91 Å². The van der Waals surface area contributed by atoms with E-state index in [1.165, 1.54) is 24.0 Å². The fraction of sp³-hybridized carbons (Fsp3) is 0.444. The number of ether oxygens (including phenoxy) is 3. The van der Waals surface area contributed by atoms with E-state index < -0.39 is 0 Å². The summed E-state index contributed by atoms with van der Waals surface area (Å²) in [5.74, 6) is 1.38. The number of nitrogens with one attached hydrogen (secondary N) is 1. The van der Waals surface area contributed by atoms with Crippen LogP contribution in [-0.2, 0) is 6.54 Å².